The van der Waals surface area contributed by atoms with E-state index in [4.69, 9.17) is 5.11 Å². The number of nitro groups is 2. The van der Waals surface area contributed by atoms with Crippen molar-refractivity contribution in [2.75, 3.05) is 12.0 Å². The van der Waals surface area contributed by atoms with Gasteiger partial charge in [0, 0.05) is 18.2 Å². The Bertz CT molecular complexity index is 517. The molecular weight excluding hydrogens is 256 g/mol. The molecule has 0 saturated carbocycles. The van der Waals surface area contributed by atoms with Crippen LogP contribution in [-0.2, 0) is 0 Å². The Hall–Kier alpha value is -2.55. The number of aliphatic hydroxyl groups is 1. The summed E-state index contributed by atoms with van der Waals surface area (Å²) >= 11 is 0. The third kappa shape index (κ3) is 4.00. The number of aliphatic hydroxyl groups excluding tert-OH is 1. The van der Waals surface area contributed by atoms with Gasteiger partial charge in [-0.1, -0.05) is 6.92 Å². The summed E-state index contributed by atoms with van der Waals surface area (Å²) in [6.45, 7) is 1.60. The van der Waals surface area contributed by atoms with Crippen molar-refractivity contribution in [2.45, 2.75) is 6.92 Å². The number of non-ortho nitro benzene ring substituents is 1. The molecule has 1 rings (SSSR count). The zero-order valence-electron chi connectivity index (χ0n) is 10.0. The van der Waals surface area contributed by atoms with E-state index in [0.717, 1.165) is 12.1 Å². The smallest absolute Gasteiger partial charge is 0.301 e. The Balaban J connectivity index is 2.97. The van der Waals surface area contributed by atoms with E-state index in [2.05, 4.69) is 10.5 Å². The second kappa shape index (κ2) is 6.40. The summed E-state index contributed by atoms with van der Waals surface area (Å²) in [6.07, 6.45) is 1.38. The van der Waals surface area contributed by atoms with Crippen LogP contribution < -0.4 is 5.43 Å². The number of hydrogen-bond donors (Lipinski definition) is 2. The molecule has 9 heteroatoms. The molecule has 0 spiro atoms. The molecule has 0 bridgehead atoms. The zero-order valence-corrected chi connectivity index (χ0v) is 10.0. The van der Waals surface area contributed by atoms with Gasteiger partial charge in [0.2, 0.25) is 0 Å². The summed E-state index contributed by atoms with van der Waals surface area (Å²) in [5.74, 6) is -0.204. The van der Waals surface area contributed by atoms with Crippen molar-refractivity contribution >= 4 is 23.3 Å². The fraction of sp³-hybridized carbons (Fsp3) is 0.300. The molecule has 9 nitrogen and oxygen atoms in total. The SMILES string of the molecule is CC(C=NNc1ccc([N+](=O)[O-])cc1[N+](=O)[O-])CO. The minimum Gasteiger partial charge on any atom is -0.396 e. The van der Waals surface area contributed by atoms with Crippen molar-refractivity contribution < 1.29 is 15.0 Å². The molecule has 102 valence electrons. The first-order valence-corrected chi connectivity index (χ1v) is 5.28. The number of rotatable bonds is 6. The average Bonchev–Trinajstić information content (AvgIpc) is 2.38. The van der Waals surface area contributed by atoms with Crippen molar-refractivity contribution in [3.05, 3.63) is 38.4 Å². The number of nitro benzene ring substituents is 2. The minimum atomic E-state index is -0.736. The topological polar surface area (TPSA) is 131 Å². The highest BCUT2D eigenvalue weighted by Crippen LogP contribution is 2.28. The van der Waals surface area contributed by atoms with E-state index >= 15 is 0 Å². The molecule has 2 N–H and O–H groups in total. The van der Waals surface area contributed by atoms with E-state index in [1.807, 2.05) is 0 Å². The average molecular weight is 268 g/mol. The number of nitrogens with zero attached hydrogens (tertiary/aromatic N) is 3. The van der Waals surface area contributed by atoms with Crippen molar-refractivity contribution in [2.24, 2.45) is 11.0 Å². The lowest BCUT2D eigenvalue weighted by molar-refractivity contribution is -0.393. The quantitative estimate of drug-likeness (QED) is 0.457. The molecule has 0 heterocycles. The van der Waals surface area contributed by atoms with Crippen LogP contribution in [0.5, 0.6) is 0 Å². The maximum Gasteiger partial charge on any atom is 0.301 e. The van der Waals surface area contributed by atoms with E-state index in [9.17, 15) is 20.2 Å². The van der Waals surface area contributed by atoms with Crippen molar-refractivity contribution in [3.8, 4) is 0 Å². The summed E-state index contributed by atoms with van der Waals surface area (Å²) in [6, 6.07) is 3.20. The van der Waals surface area contributed by atoms with Gasteiger partial charge in [0.15, 0.2) is 0 Å². The first kappa shape index (κ1) is 14.5. The Morgan fingerprint density at radius 2 is 2.11 bits per heavy atom. The van der Waals surface area contributed by atoms with Gasteiger partial charge >= 0.3 is 5.69 Å². The molecule has 1 aromatic carbocycles. The van der Waals surface area contributed by atoms with Gasteiger partial charge in [0.25, 0.3) is 5.69 Å². The first-order chi connectivity index (χ1) is 8.95. The van der Waals surface area contributed by atoms with Gasteiger partial charge in [-0.25, -0.2) is 0 Å². The molecule has 1 atom stereocenters. The highest BCUT2D eigenvalue weighted by Gasteiger charge is 2.18. The van der Waals surface area contributed by atoms with Crippen molar-refractivity contribution in [3.63, 3.8) is 0 Å². The van der Waals surface area contributed by atoms with E-state index < -0.39 is 15.5 Å². The van der Waals surface area contributed by atoms with Gasteiger partial charge in [-0.3, -0.25) is 25.7 Å². The van der Waals surface area contributed by atoms with Gasteiger partial charge in [0.05, 0.1) is 22.5 Å². The van der Waals surface area contributed by atoms with Crippen LogP contribution in [0.4, 0.5) is 17.1 Å². The maximum atomic E-state index is 10.8. The van der Waals surface area contributed by atoms with Crippen LogP contribution in [0.3, 0.4) is 0 Å². The molecule has 0 aromatic heterocycles. The van der Waals surface area contributed by atoms with Crippen LogP contribution in [0.15, 0.2) is 23.3 Å². The first-order valence-electron chi connectivity index (χ1n) is 5.28. The van der Waals surface area contributed by atoms with Crippen molar-refractivity contribution in [1.82, 2.24) is 0 Å². The molecule has 0 saturated heterocycles. The summed E-state index contributed by atoms with van der Waals surface area (Å²) in [5.41, 5.74) is 1.65. The highest BCUT2D eigenvalue weighted by atomic mass is 16.6. The normalized spacial score (nSPS) is 12.3. The Morgan fingerprint density at radius 3 is 2.63 bits per heavy atom. The molecule has 0 radical (unpaired) electrons. The summed E-state index contributed by atoms with van der Waals surface area (Å²) in [4.78, 5) is 19.9. The molecular formula is C10H12N4O5. The monoisotopic (exact) mass is 268 g/mol. The van der Waals surface area contributed by atoms with Crippen LogP contribution in [0, 0.1) is 26.1 Å². The Kier molecular flexibility index (Phi) is 4.89. The maximum absolute atomic E-state index is 10.8. The van der Waals surface area contributed by atoms with Gasteiger partial charge in [-0.15, -0.1) is 0 Å². The second-order valence-corrected chi connectivity index (χ2v) is 3.77. The lowest BCUT2D eigenvalue weighted by Gasteiger charge is -2.03. The summed E-state index contributed by atoms with van der Waals surface area (Å²) < 4.78 is 0. The van der Waals surface area contributed by atoms with Crippen molar-refractivity contribution in [1.29, 1.82) is 0 Å². The van der Waals surface area contributed by atoms with Crippen LogP contribution in [0.25, 0.3) is 0 Å². The number of benzene rings is 1. The van der Waals surface area contributed by atoms with Crippen LogP contribution in [0.2, 0.25) is 0 Å². The number of anilines is 1. The predicted octanol–water partition coefficient (Wildman–Crippen LogP) is 1.53. The zero-order chi connectivity index (χ0) is 14.4. The van der Waals surface area contributed by atoms with Crippen LogP contribution in [-0.4, -0.2) is 27.8 Å². The second-order valence-electron chi connectivity index (χ2n) is 3.77. The van der Waals surface area contributed by atoms with Crippen LogP contribution >= 0.6 is 0 Å². The Morgan fingerprint density at radius 1 is 1.42 bits per heavy atom. The molecule has 0 aliphatic carbocycles. The third-order valence-corrected chi connectivity index (χ3v) is 2.19. The molecule has 0 amide bonds. The summed E-state index contributed by atoms with van der Waals surface area (Å²) in [7, 11) is 0. The summed E-state index contributed by atoms with van der Waals surface area (Å²) in [5, 5.41) is 33.8. The van der Waals surface area contributed by atoms with E-state index in [1.54, 1.807) is 6.92 Å². The van der Waals surface area contributed by atoms with Gasteiger partial charge in [-0.05, 0) is 6.07 Å². The lowest BCUT2D eigenvalue weighted by Crippen LogP contribution is -2.04. The highest BCUT2D eigenvalue weighted by molar-refractivity contribution is 5.68. The fourth-order valence-electron chi connectivity index (χ4n) is 1.16. The molecule has 1 unspecified atom stereocenters. The van der Waals surface area contributed by atoms with Gasteiger partial charge in [-0.2, -0.15) is 5.10 Å². The molecule has 0 fully saturated rings. The standard InChI is InChI=1S/C10H12N4O5/c1-7(6-15)5-11-12-9-3-2-8(13(16)17)4-10(9)14(18)19/h2-5,7,12,15H,6H2,1H3. The molecule has 19 heavy (non-hydrogen) atoms. The third-order valence-electron chi connectivity index (χ3n) is 2.19. The van der Waals surface area contributed by atoms with Gasteiger partial charge < -0.3 is 5.11 Å². The van der Waals surface area contributed by atoms with Crippen LogP contribution in [0.1, 0.15) is 6.92 Å². The number of hydrogen-bond acceptors (Lipinski definition) is 7. The predicted molar refractivity (Wildman–Crippen MR) is 68.1 cm³/mol. The van der Waals surface area contributed by atoms with E-state index in [0.29, 0.717) is 0 Å². The fourth-order valence-corrected chi connectivity index (χ4v) is 1.16. The minimum absolute atomic E-state index is 0.0389. The number of hydrazone groups is 1. The molecule has 0 aliphatic heterocycles. The van der Waals surface area contributed by atoms with E-state index in [-0.39, 0.29) is 23.9 Å². The largest absolute Gasteiger partial charge is 0.396 e. The van der Waals surface area contributed by atoms with E-state index in [1.165, 1.54) is 12.3 Å². The van der Waals surface area contributed by atoms with Gasteiger partial charge in [0.1, 0.15) is 5.69 Å². The lowest BCUT2D eigenvalue weighted by atomic mass is 10.2. The molecule has 1 aromatic rings. The number of nitrogens with one attached hydrogen (secondary N) is 1. The molecule has 0 aliphatic rings. The Labute approximate surface area is 107 Å².